The number of nitro benzene ring substituents is 4. The highest BCUT2D eigenvalue weighted by Gasteiger charge is 2.21. The maximum Gasteiger partial charge on any atom is 0.301 e. The zero-order valence-corrected chi connectivity index (χ0v) is 28.6. The number of hydrogen-bond acceptors (Lipinski definition) is 14. The fraction of sp³-hybridized carbons (Fsp3) is 0.0588. The third-order valence-electron chi connectivity index (χ3n) is 7.26. The second-order valence-corrected chi connectivity index (χ2v) is 11.5. The van der Waals surface area contributed by atoms with Gasteiger partial charge in [-0.15, -0.1) is 0 Å². The van der Waals surface area contributed by atoms with Crippen LogP contribution >= 0.6 is 15.9 Å². The maximum absolute atomic E-state index is 11.6. The normalized spacial score (nSPS) is 11.3. The van der Waals surface area contributed by atoms with Crippen molar-refractivity contribution in [2.75, 3.05) is 24.1 Å². The average Bonchev–Trinajstić information content (AvgIpc) is 3.16. The minimum atomic E-state index is -0.754. The van der Waals surface area contributed by atoms with E-state index in [-0.39, 0.29) is 24.6 Å². The van der Waals surface area contributed by atoms with Crippen LogP contribution in [0.3, 0.4) is 0 Å². The summed E-state index contributed by atoms with van der Waals surface area (Å²) in [6, 6.07) is 28.9. The standard InChI is InChI=1S/C34H25BrN8O10/c35-27-14-13-26(52-20-30(22-7-3-1-4-8-22)38-36-28-15-11-24(40(44)45)17-32(28)42(48)49)19-34(27)53-21-31(23-9-5-2-6-10-23)39-37-29-16-12-25(41(46)47)18-33(29)43(50)51/h1-19,36-37H,20-21H2. The number of rotatable bonds is 16. The van der Waals surface area contributed by atoms with E-state index in [1.165, 1.54) is 12.1 Å². The number of halogens is 1. The topological polar surface area (TPSA) is 240 Å². The Morgan fingerprint density at radius 3 is 1.45 bits per heavy atom. The molecular weight excluding hydrogens is 760 g/mol. The van der Waals surface area contributed by atoms with Crippen molar-refractivity contribution in [1.29, 1.82) is 0 Å². The summed E-state index contributed by atoms with van der Waals surface area (Å²) >= 11 is 3.46. The first-order valence-electron chi connectivity index (χ1n) is 15.2. The van der Waals surface area contributed by atoms with Crippen LogP contribution in [-0.2, 0) is 0 Å². The number of hydrogen-bond donors (Lipinski definition) is 2. The Hall–Kier alpha value is -7.28. The van der Waals surface area contributed by atoms with Gasteiger partial charge in [0.15, 0.2) is 0 Å². The van der Waals surface area contributed by atoms with Gasteiger partial charge < -0.3 is 9.47 Å². The van der Waals surface area contributed by atoms with Gasteiger partial charge in [0.1, 0.15) is 47.5 Å². The summed E-state index contributed by atoms with van der Waals surface area (Å²) in [5.74, 6) is 0.691. The first-order valence-corrected chi connectivity index (χ1v) is 16.0. The molecule has 19 heteroatoms. The van der Waals surface area contributed by atoms with Crippen molar-refractivity contribution in [1.82, 2.24) is 0 Å². The van der Waals surface area contributed by atoms with Gasteiger partial charge in [-0.3, -0.25) is 51.3 Å². The van der Waals surface area contributed by atoms with Gasteiger partial charge in [0.2, 0.25) is 0 Å². The molecule has 0 aromatic heterocycles. The molecule has 53 heavy (non-hydrogen) atoms. The Bertz CT molecular complexity index is 2240. The van der Waals surface area contributed by atoms with Gasteiger partial charge in [-0.25, -0.2) is 0 Å². The van der Waals surface area contributed by atoms with E-state index < -0.39 is 42.4 Å². The lowest BCUT2D eigenvalue weighted by atomic mass is 10.1. The molecule has 0 radical (unpaired) electrons. The van der Waals surface area contributed by atoms with Gasteiger partial charge in [0, 0.05) is 29.3 Å². The summed E-state index contributed by atoms with van der Waals surface area (Å²) in [5.41, 5.74) is 5.08. The van der Waals surface area contributed by atoms with Crippen LogP contribution in [0.5, 0.6) is 11.5 Å². The summed E-state index contributed by atoms with van der Waals surface area (Å²) < 4.78 is 12.7. The van der Waals surface area contributed by atoms with Crippen LogP contribution in [0.4, 0.5) is 34.1 Å². The van der Waals surface area contributed by atoms with Gasteiger partial charge >= 0.3 is 11.4 Å². The number of nitro groups is 4. The van der Waals surface area contributed by atoms with Gasteiger partial charge in [0.25, 0.3) is 11.4 Å². The fourth-order valence-corrected chi connectivity index (χ4v) is 4.98. The summed E-state index contributed by atoms with van der Waals surface area (Å²) in [6.45, 7) is -0.248. The quantitative estimate of drug-likeness (QED) is 0.0552. The Kier molecular flexibility index (Phi) is 11.9. The van der Waals surface area contributed by atoms with Crippen molar-refractivity contribution in [2.24, 2.45) is 10.2 Å². The molecule has 268 valence electrons. The molecule has 0 heterocycles. The van der Waals surface area contributed by atoms with Gasteiger partial charge in [-0.2, -0.15) is 10.2 Å². The van der Waals surface area contributed by atoms with Crippen molar-refractivity contribution in [2.45, 2.75) is 0 Å². The number of nitrogens with zero attached hydrogens (tertiary/aromatic N) is 6. The summed E-state index contributed by atoms with van der Waals surface area (Å²) in [7, 11) is 0. The van der Waals surface area contributed by atoms with E-state index in [1.54, 1.807) is 78.9 Å². The van der Waals surface area contributed by atoms with E-state index in [9.17, 15) is 40.5 Å². The molecule has 0 amide bonds. The van der Waals surface area contributed by atoms with E-state index in [0.29, 0.717) is 38.5 Å². The highest BCUT2D eigenvalue weighted by atomic mass is 79.9. The van der Waals surface area contributed by atoms with Crippen molar-refractivity contribution in [3.63, 3.8) is 0 Å². The lowest BCUT2D eigenvalue weighted by Gasteiger charge is -2.14. The van der Waals surface area contributed by atoms with Crippen LogP contribution in [0.15, 0.2) is 130 Å². The molecule has 0 aliphatic heterocycles. The highest BCUT2D eigenvalue weighted by molar-refractivity contribution is 9.10. The first kappa shape index (κ1) is 37.0. The molecule has 0 bridgehead atoms. The maximum atomic E-state index is 11.6. The molecule has 2 N–H and O–H groups in total. The average molecular weight is 786 g/mol. The number of ether oxygens (including phenoxy) is 2. The SMILES string of the molecule is O=[N+]([O-])c1ccc(NN=C(COc2ccc(Br)c(OCC(=NNc3ccc([N+](=O)[O-])cc3[N+](=O)[O-])c3ccccc3)c2)c2ccccc2)c([N+](=O)[O-])c1. The van der Waals surface area contributed by atoms with E-state index in [1.807, 2.05) is 0 Å². The smallest absolute Gasteiger partial charge is 0.301 e. The van der Waals surface area contributed by atoms with Gasteiger partial charge in [0.05, 0.1) is 36.3 Å². The Labute approximate surface area is 307 Å². The van der Waals surface area contributed by atoms with Crippen molar-refractivity contribution >= 4 is 61.5 Å². The molecule has 0 aliphatic carbocycles. The third kappa shape index (κ3) is 9.70. The first-order chi connectivity index (χ1) is 25.5. The predicted molar refractivity (Wildman–Crippen MR) is 198 cm³/mol. The molecule has 0 spiro atoms. The number of non-ortho nitro benzene ring substituents is 2. The lowest BCUT2D eigenvalue weighted by Crippen LogP contribution is -2.16. The lowest BCUT2D eigenvalue weighted by molar-refractivity contribution is -0.393. The minimum Gasteiger partial charge on any atom is -0.487 e. The summed E-state index contributed by atoms with van der Waals surface area (Å²) in [6.07, 6.45) is 0. The highest BCUT2D eigenvalue weighted by Crippen LogP contribution is 2.32. The van der Waals surface area contributed by atoms with E-state index in [2.05, 4.69) is 37.0 Å². The number of anilines is 2. The van der Waals surface area contributed by atoms with E-state index >= 15 is 0 Å². The molecule has 18 nitrogen and oxygen atoms in total. The summed E-state index contributed by atoms with van der Waals surface area (Å²) in [5, 5.41) is 54.2. The fourth-order valence-electron chi connectivity index (χ4n) is 4.62. The van der Waals surface area contributed by atoms with Crippen molar-refractivity contribution < 1.29 is 29.2 Å². The predicted octanol–water partition coefficient (Wildman–Crippen LogP) is 7.87. The molecule has 0 fully saturated rings. The zero-order chi connectivity index (χ0) is 37.9. The number of nitrogens with one attached hydrogen (secondary N) is 2. The molecule has 5 aromatic rings. The number of benzene rings is 5. The largest absolute Gasteiger partial charge is 0.487 e. The van der Waals surface area contributed by atoms with Crippen LogP contribution in [0.1, 0.15) is 11.1 Å². The second kappa shape index (κ2) is 17.1. The molecule has 0 unspecified atom stereocenters. The third-order valence-corrected chi connectivity index (χ3v) is 7.91. The second-order valence-electron chi connectivity index (χ2n) is 10.7. The Morgan fingerprint density at radius 2 is 1.02 bits per heavy atom. The van der Waals surface area contributed by atoms with Crippen LogP contribution in [0.25, 0.3) is 0 Å². The van der Waals surface area contributed by atoms with E-state index in [0.717, 1.165) is 24.3 Å². The molecular formula is C34H25BrN8O10. The molecule has 0 saturated heterocycles. The van der Waals surface area contributed by atoms with E-state index in [4.69, 9.17) is 9.47 Å². The Balaban J connectivity index is 1.36. The van der Waals surface area contributed by atoms with Crippen LogP contribution in [0.2, 0.25) is 0 Å². The molecule has 5 rings (SSSR count). The molecule has 5 aromatic carbocycles. The molecule has 0 aliphatic rings. The van der Waals surface area contributed by atoms with Gasteiger partial charge in [-0.1, -0.05) is 60.7 Å². The van der Waals surface area contributed by atoms with Crippen molar-refractivity contribution in [3.8, 4) is 11.5 Å². The van der Waals surface area contributed by atoms with Crippen molar-refractivity contribution in [3.05, 3.63) is 171 Å². The molecule has 0 atom stereocenters. The van der Waals surface area contributed by atoms with Crippen LogP contribution in [0, 0.1) is 40.5 Å². The number of hydrazone groups is 2. The zero-order valence-electron chi connectivity index (χ0n) is 27.0. The van der Waals surface area contributed by atoms with Crippen LogP contribution in [-0.4, -0.2) is 44.3 Å². The molecule has 0 saturated carbocycles. The Morgan fingerprint density at radius 1 is 0.566 bits per heavy atom. The van der Waals surface area contributed by atoms with Gasteiger partial charge in [-0.05, 0) is 40.2 Å². The minimum absolute atomic E-state index is 0.0677. The van der Waals surface area contributed by atoms with Crippen LogP contribution < -0.4 is 20.3 Å². The summed E-state index contributed by atoms with van der Waals surface area (Å²) in [4.78, 5) is 42.6. The monoisotopic (exact) mass is 784 g/mol.